The van der Waals surface area contributed by atoms with Gasteiger partial charge in [0.05, 0.1) is 5.52 Å². The summed E-state index contributed by atoms with van der Waals surface area (Å²) in [4.78, 5) is 0. The number of halogens is 4. The van der Waals surface area contributed by atoms with E-state index in [9.17, 15) is 13.2 Å². The van der Waals surface area contributed by atoms with Gasteiger partial charge in [-0.05, 0) is 22.0 Å². The normalized spacial score (nSPS) is 12.3. The van der Waals surface area contributed by atoms with Crippen molar-refractivity contribution in [3.63, 3.8) is 0 Å². The topological polar surface area (TPSA) is 17.8 Å². The summed E-state index contributed by atoms with van der Waals surface area (Å²) < 4.78 is 37.0. The van der Waals surface area contributed by atoms with E-state index >= 15 is 0 Å². The van der Waals surface area contributed by atoms with Gasteiger partial charge in [0, 0.05) is 5.39 Å². The number of aromatic nitrogens is 2. The molecule has 0 amide bonds. The molecule has 0 saturated carbocycles. The molecule has 2 nitrogen and oxygen atoms in total. The summed E-state index contributed by atoms with van der Waals surface area (Å²) in [6, 6.07) is 6.41. The molecule has 14 heavy (non-hydrogen) atoms. The van der Waals surface area contributed by atoms with Gasteiger partial charge < -0.3 is 0 Å². The fourth-order valence-electron chi connectivity index (χ4n) is 1.17. The molecule has 0 N–H and O–H groups in total. The van der Waals surface area contributed by atoms with E-state index < -0.39 is 6.30 Å². The fraction of sp³-hybridized carbons (Fsp3) is 0.125. The maximum absolute atomic E-state index is 12.4. The Morgan fingerprint density at radius 3 is 2.43 bits per heavy atom. The van der Waals surface area contributed by atoms with Crippen LogP contribution in [0.25, 0.3) is 10.9 Å². The lowest BCUT2D eigenvalue weighted by atomic mass is 10.3. The molecule has 0 unspecified atom stereocenters. The predicted molar refractivity (Wildman–Crippen MR) is 48.7 cm³/mol. The van der Waals surface area contributed by atoms with E-state index in [4.69, 9.17) is 0 Å². The van der Waals surface area contributed by atoms with Crippen molar-refractivity contribution in [3.05, 3.63) is 28.9 Å². The van der Waals surface area contributed by atoms with Crippen LogP contribution in [0.15, 0.2) is 28.9 Å². The monoisotopic (exact) mass is 264 g/mol. The molecule has 74 valence electrons. The molecular weight excluding hydrogens is 261 g/mol. The van der Waals surface area contributed by atoms with E-state index in [1.54, 1.807) is 18.2 Å². The molecule has 0 aliphatic carbocycles. The Hall–Kier alpha value is -1.04. The molecule has 0 bridgehead atoms. The van der Waals surface area contributed by atoms with Gasteiger partial charge in [0.2, 0.25) is 0 Å². The van der Waals surface area contributed by atoms with Crippen LogP contribution in [-0.4, -0.2) is 9.78 Å². The summed E-state index contributed by atoms with van der Waals surface area (Å²) in [7, 11) is 0. The molecule has 1 aromatic heterocycles. The summed E-state index contributed by atoms with van der Waals surface area (Å²) in [5.41, 5.74) is 0.316. The number of rotatable bonds is 0. The molecule has 6 heteroatoms. The molecule has 0 saturated heterocycles. The largest absolute Gasteiger partial charge is 0.505 e. The van der Waals surface area contributed by atoms with Crippen LogP contribution in [-0.2, 0) is 6.30 Å². The maximum atomic E-state index is 12.4. The third-order valence-electron chi connectivity index (χ3n) is 1.76. The van der Waals surface area contributed by atoms with Gasteiger partial charge in [-0.25, -0.2) is 0 Å². The molecule has 0 fully saturated rings. The first-order chi connectivity index (χ1) is 6.50. The van der Waals surface area contributed by atoms with Crippen LogP contribution >= 0.6 is 15.9 Å². The molecular formula is C8H4BrF3N2. The number of alkyl halides is 3. The highest BCUT2D eigenvalue weighted by Gasteiger charge is 2.34. The van der Waals surface area contributed by atoms with Crippen molar-refractivity contribution in [2.75, 3.05) is 0 Å². The number of fused-ring (bicyclic) bond motifs is 1. The highest BCUT2D eigenvalue weighted by atomic mass is 79.9. The third-order valence-corrected chi connectivity index (χ3v) is 2.52. The molecule has 0 radical (unpaired) electrons. The van der Waals surface area contributed by atoms with E-state index in [0.29, 0.717) is 10.9 Å². The van der Waals surface area contributed by atoms with Crippen LogP contribution in [0.4, 0.5) is 13.2 Å². The van der Waals surface area contributed by atoms with E-state index in [1.165, 1.54) is 6.07 Å². The molecule has 0 aliphatic rings. The fourth-order valence-corrected chi connectivity index (χ4v) is 1.78. The van der Waals surface area contributed by atoms with Crippen molar-refractivity contribution in [3.8, 4) is 0 Å². The molecule has 0 spiro atoms. The Morgan fingerprint density at radius 1 is 1.21 bits per heavy atom. The lowest BCUT2D eigenvalue weighted by Gasteiger charge is -2.05. The molecule has 0 aliphatic heterocycles. The first kappa shape index (κ1) is 9.51. The van der Waals surface area contributed by atoms with Crippen LogP contribution in [0.2, 0.25) is 0 Å². The second-order valence-electron chi connectivity index (χ2n) is 2.69. The lowest BCUT2D eigenvalue weighted by Crippen LogP contribution is -2.18. The minimum atomic E-state index is -4.49. The summed E-state index contributed by atoms with van der Waals surface area (Å²) >= 11 is 2.87. The zero-order chi connectivity index (χ0) is 10.3. The second-order valence-corrected chi connectivity index (χ2v) is 3.44. The second kappa shape index (κ2) is 2.98. The van der Waals surface area contributed by atoms with E-state index in [-0.39, 0.29) is 9.28 Å². The van der Waals surface area contributed by atoms with Gasteiger partial charge in [-0.1, -0.05) is 18.2 Å². The van der Waals surface area contributed by atoms with Crippen molar-refractivity contribution in [1.82, 2.24) is 9.78 Å². The zero-order valence-corrected chi connectivity index (χ0v) is 8.30. The maximum Gasteiger partial charge on any atom is 0.505 e. The number of benzene rings is 1. The van der Waals surface area contributed by atoms with Gasteiger partial charge in [-0.3, -0.25) is 0 Å². The van der Waals surface area contributed by atoms with Crippen molar-refractivity contribution < 1.29 is 13.2 Å². The predicted octanol–water partition coefficient (Wildman–Crippen LogP) is 3.28. The van der Waals surface area contributed by atoms with Crippen molar-refractivity contribution in [1.29, 1.82) is 0 Å². The third kappa shape index (κ3) is 1.39. The summed E-state index contributed by atoms with van der Waals surface area (Å²) in [5.74, 6) is 0. The number of nitrogens with zero attached hydrogens (tertiary/aromatic N) is 2. The van der Waals surface area contributed by atoms with Crippen LogP contribution in [0.3, 0.4) is 0 Å². The van der Waals surface area contributed by atoms with Crippen molar-refractivity contribution >= 4 is 26.8 Å². The van der Waals surface area contributed by atoms with Crippen LogP contribution in [0.5, 0.6) is 0 Å². The van der Waals surface area contributed by atoms with Crippen LogP contribution < -0.4 is 0 Å². The Morgan fingerprint density at radius 2 is 1.86 bits per heavy atom. The molecule has 0 atom stereocenters. The minimum Gasteiger partial charge on any atom is -0.164 e. The SMILES string of the molecule is FC(F)(F)n1nc2ccccc2c1Br. The minimum absolute atomic E-state index is 0.0116. The van der Waals surface area contributed by atoms with Gasteiger partial charge in [-0.2, -0.15) is 9.78 Å². The molecule has 1 heterocycles. The van der Waals surface area contributed by atoms with Gasteiger partial charge >= 0.3 is 6.30 Å². The number of hydrogen-bond donors (Lipinski definition) is 0. The van der Waals surface area contributed by atoms with Gasteiger partial charge in [-0.15, -0.1) is 13.2 Å². The van der Waals surface area contributed by atoms with E-state index in [0.717, 1.165) is 0 Å². The molecule has 1 aromatic carbocycles. The molecule has 2 rings (SSSR count). The highest BCUT2D eigenvalue weighted by molar-refractivity contribution is 9.10. The average molecular weight is 265 g/mol. The Kier molecular flexibility index (Phi) is 2.02. The smallest absolute Gasteiger partial charge is 0.164 e. The van der Waals surface area contributed by atoms with Gasteiger partial charge in [0.25, 0.3) is 0 Å². The standard InChI is InChI=1S/C8H4BrF3N2/c9-7-5-3-1-2-4-6(5)13-14(7)8(10,11)12/h1-4H. The lowest BCUT2D eigenvalue weighted by molar-refractivity contribution is -0.213. The van der Waals surface area contributed by atoms with Crippen molar-refractivity contribution in [2.45, 2.75) is 6.30 Å². The zero-order valence-electron chi connectivity index (χ0n) is 6.72. The Bertz CT molecular complexity index is 475. The van der Waals surface area contributed by atoms with Gasteiger partial charge in [0.1, 0.15) is 4.60 Å². The molecule has 2 aromatic rings. The van der Waals surface area contributed by atoms with E-state index in [1.807, 2.05) is 0 Å². The Balaban J connectivity index is 2.75. The summed E-state index contributed by atoms with van der Waals surface area (Å²) in [5, 5.41) is 3.88. The Labute approximate surface area is 85.4 Å². The van der Waals surface area contributed by atoms with Crippen molar-refractivity contribution in [2.24, 2.45) is 0 Å². The first-order valence-electron chi connectivity index (χ1n) is 3.70. The summed E-state index contributed by atoms with van der Waals surface area (Å²) in [6.45, 7) is 0. The van der Waals surface area contributed by atoms with E-state index in [2.05, 4.69) is 21.0 Å². The summed E-state index contributed by atoms with van der Waals surface area (Å²) in [6.07, 6.45) is -4.49. The number of hydrogen-bond acceptors (Lipinski definition) is 1. The van der Waals surface area contributed by atoms with Crippen LogP contribution in [0, 0.1) is 0 Å². The first-order valence-corrected chi connectivity index (χ1v) is 4.50. The van der Waals surface area contributed by atoms with Gasteiger partial charge in [0.15, 0.2) is 0 Å². The highest BCUT2D eigenvalue weighted by Crippen LogP contribution is 2.31. The van der Waals surface area contributed by atoms with Crippen LogP contribution in [0.1, 0.15) is 0 Å². The quantitative estimate of drug-likeness (QED) is 0.714. The average Bonchev–Trinajstić information content (AvgIpc) is 2.44.